The maximum absolute atomic E-state index is 13.9. The molecule has 2 rings (SSSR count). The van der Waals surface area contributed by atoms with Crippen molar-refractivity contribution in [2.24, 2.45) is 0 Å². The number of hydrogen-bond acceptors (Lipinski definition) is 4. The van der Waals surface area contributed by atoms with Crippen molar-refractivity contribution in [3.63, 3.8) is 0 Å². The lowest BCUT2D eigenvalue weighted by Gasteiger charge is -2.31. The molecular weight excluding hydrogens is 227 g/mol. The number of hydrogen-bond donors (Lipinski definition) is 2. The molecule has 92 valence electrons. The van der Waals surface area contributed by atoms with Crippen LogP contribution in [0.3, 0.4) is 0 Å². The first-order valence-electron chi connectivity index (χ1n) is 5.40. The van der Waals surface area contributed by atoms with E-state index in [0.29, 0.717) is 13.0 Å². The van der Waals surface area contributed by atoms with Gasteiger partial charge in [0, 0.05) is 19.3 Å². The summed E-state index contributed by atoms with van der Waals surface area (Å²) in [7, 11) is 0. The second-order valence-corrected chi connectivity index (χ2v) is 4.04. The van der Waals surface area contributed by atoms with Crippen LogP contribution in [0.1, 0.15) is 23.2 Å². The SMILES string of the molecule is O=C(O)c1ccnc(N2CCCC(O)C2)c1F. The summed E-state index contributed by atoms with van der Waals surface area (Å²) in [5, 5.41) is 18.3. The zero-order chi connectivity index (χ0) is 12.4. The second-order valence-electron chi connectivity index (χ2n) is 4.04. The monoisotopic (exact) mass is 240 g/mol. The van der Waals surface area contributed by atoms with Crippen molar-refractivity contribution in [1.82, 2.24) is 4.98 Å². The molecule has 6 heteroatoms. The third-order valence-electron chi connectivity index (χ3n) is 2.80. The minimum Gasteiger partial charge on any atom is -0.478 e. The van der Waals surface area contributed by atoms with E-state index in [0.717, 1.165) is 12.5 Å². The van der Waals surface area contributed by atoms with Crippen molar-refractivity contribution < 1.29 is 19.4 Å². The number of nitrogens with zero attached hydrogens (tertiary/aromatic N) is 2. The Bertz CT molecular complexity index is 439. The Kier molecular flexibility index (Phi) is 3.23. The quantitative estimate of drug-likeness (QED) is 0.802. The smallest absolute Gasteiger partial charge is 0.338 e. The van der Waals surface area contributed by atoms with E-state index in [1.165, 1.54) is 6.20 Å². The Morgan fingerprint density at radius 3 is 3.00 bits per heavy atom. The maximum Gasteiger partial charge on any atom is 0.338 e. The van der Waals surface area contributed by atoms with Gasteiger partial charge in [0.15, 0.2) is 11.6 Å². The first-order valence-corrected chi connectivity index (χ1v) is 5.40. The van der Waals surface area contributed by atoms with Gasteiger partial charge in [-0.2, -0.15) is 0 Å². The molecule has 0 amide bonds. The molecule has 1 aliphatic heterocycles. The molecule has 5 nitrogen and oxygen atoms in total. The zero-order valence-corrected chi connectivity index (χ0v) is 9.14. The summed E-state index contributed by atoms with van der Waals surface area (Å²) >= 11 is 0. The molecular formula is C11H13FN2O3. The van der Waals surface area contributed by atoms with E-state index in [2.05, 4.69) is 4.98 Å². The van der Waals surface area contributed by atoms with E-state index in [4.69, 9.17) is 5.11 Å². The number of aromatic carboxylic acids is 1. The number of carbonyl (C=O) groups is 1. The molecule has 17 heavy (non-hydrogen) atoms. The van der Waals surface area contributed by atoms with Crippen LogP contribution < -0.4 is 4.90 Å². The summed E-state index contributed by atoms with van der Waals surface area (Å²) in [4.78, 5) is 16.2. The van der Waals surface area contributed by atoms with Crippen molar-refractivity contribution >= 4 is 11.8 Å². The third-order valence-corrected chi connectivity index (χ3v) is 2.80. The molecule has 0 aromatic carbocycles. The fourth-order valence-electron chi connectivity index (χ4n) is 1.97. The van der Waals surface area contributed by atoms with Gasteiger partial charge in [-0.15, -0.1) is 0 Å². The number of piperidine rings is 1. The van der Waals surface area contributed by atoms with Crippen molar-refractivity contribution in [1.29, 1.82) is 0 Å². The number of β-amino-alcohol motifs (C(OH)–C–C–N with tert-alkyl or cyclic N) is 1. The number of aliphatic hydroxyl groups excluding tert-OH is 1. The van der Waals surface area contributed by atoms with Crippen LogP contribution >= 0.6 is 0 Å². The minimum absolute atomic E-state index is 0.00338. The predicted octanol–water partition coefficient (Wildman–Crippen LogP) is 0.880. The highest BCUT2D eigenvalue weighted by Gasteiger charge is 2.24. The van der Waals surface area contributed by atoms with E-state index in [1.54, 1.807) is 4.90 Å². The molecule has 0 saturated carbocycles. The Balaban J connectivity index is 2.32. The molecule has 0 bridgehead atoms. The highest BCUT2D eigenvalue weighted by atomic mass is 19.1. The topological polar surface area (TPSA) is 73.7 Å². The summed E-state index contributed by atoms with van der Waals surface area (Å²) in [5.74, 6) is -2.15. The molecule has 1 aromatic heterocycles. The summed E-state index contributed by atoms with van der Waals surface area (Å²) in [6, 6.07) is 1.13. The molecule has 1 unspecified atom stereocenters. The highest BCUT2D eigenvalue weighted by molar-refractivity contribution is 5.88. The average molecular weight is 240 g/mol. The van der Waals surface area contributed by atoms with Gasteiger partial charge in [-0.1, -0.05) is 0 Å². The van der Waals surface area contributed by atoms with Gasteiger partial charge in [0.25, 0.3) is 0 Å². The Labute approximate surface area is 97.5 Å². The van der Waals surface area contributed by atoms with Gasteiger partial charge in [0.05, 0.1) is 6.10 Å². The lowest BCUT2D eigenvalue weighted by atomic mass is 10.1. The lowest BCUT2D eigenvalue weighted by Crippen LogP contribution is -2.39. The first-order chi connectivity index (χ1) is 8.09. The maximum atomic E-state index is 13.9. The number of carboxylic acid groups (broad SMARTS) is 1. The Morgan fingerprint density at radius 2 is 2.35 bits per heavy atom. The molecule has 1 aliphatic rings. The number of aliphatic hydroxyl groups is 1. The second kappa shape index (κ2) is 4.67. The van der Waals surface area contributed by atoms with Gasteiger partial charge >= 0.3 is 5.97 Å². The van der Waals surface area contributed by atoms with Crippen molar-refractivity contribution in [2.75, 3.05) is 18.0 Å². The van der Waals surface area contributed by atoms with Crippen LogP contribution in [0.5, 0.6) is 0 Å². The fraction of sp³-hybridized carbons (Fsp3) is 0.455. The third kappa shape index (κ3) is 2.36. The van der Waals surface area contributed by atoms with Gasteiger partial charge in [0.2, 0.25) is 0 Å². The summed E-state index contributed by atoms with van der Waals surface area (Å²) in [5.41, 5.74) is -0.393. The van der Waals surface area contributed by atoms with Crippen LogP contribution in [-0.2, 0) is 0 Å². The van der Waals surface area contributed by atoms with Crippen LogP contribution in [0.2, 0.25) is 0 Å². The lowest BCUT2D eigenvalue weighted by molar-refractivity contribution is 0.0691. The molecule has 1 saturated heterocycles. The first kappa shape index (κ1) is 11.8. The van der Waals surface area contributed by atoms with E-state index >= 15 is 0 Å². The normalized spacial score (nSPS) is 20.4. The number of carboxylic acids is 1. The number of pyridine rings is 1. The van der Waals surface area contributed by atoms with Crippen molar-refractivity contribution in [2.45, 2.75) is 18.9 Å². The van der Waals surface area contributed by atoms with E-state index in [1.807, 2.05) is 0 Å². The van der Waals surface area contributed by atoms with Gasteiger partial charge in [-0.05, 0) is 18.9 Å². The number of halogens is 1. The van der Waals surface area contributed by atoms with E-state index in [9.17, 15) is 14.3 Å². The van der Waals surface area contributed by atoms with Gasteiger partial charge < -0.3 is 15.1 Å². The zero-order valence-electron chi connectivity index (χ0n) is 9.14. The van der Waals surface area contributed by atoms with Crippen LogP contribution in [0.15, 0.2) is 12.3 Å². The van der Waals surface area contributed by atoms with Gasteiger partial charge in [-0.25, -0.2) is 14.2 Å². The number of anilines is 1. The van der Waals surface area contributed by atoms with E-state index in [-0.39, 0.29) is 12.4 Å². The molecule has 1 fully saturated rings. The Morgan fingerprint density at radius 1 is 1.59 bits per heavy atom. The van der Waals surface area contributed by atoms with Crippen LogP contribution in [0.25, 0.3) is 0 Å². The summed E-state index contributed by atoms with van der Waals surface area (Å²) < 4.78 is 13.9. The summed E-state index contributed by atoms with van der Waals surface area (Å²) in [6.45, 7) is 0.858. The molecule has 0 spiro atoms. The fourth-order valence-corrected chi connectivity index (χ4v) is 1.97. The Hall–Kier alpha value is -1.69. The van der Waals surface area contributed by atoms with Crippen molar-refractivity contribution in [3.8, 4) is 0 Å². The highest BCUT2D eigenvalue weighted by Crippen LogP contribution is 2.23. The molecule has 1 aromatic rings. The molecule has 1 atom stereocenters. The van der Waals surface area contributed by atoms with Crippen LogP contribution in [0.4, 0.5) is 10.2 Å². The molecule has 2 heterocycles. The predicted molar refractivity (Wildman–Crippen MR) is 58.6 cm³/mol. The summed E-state index contributed by atoms with van der Waals surface area (Å²) in [6.07, 6.45) is 2.16. The largest absolute Gasteiger partial charge is 0.478 e. The number of aromatic nitrogens is 1. The van der Waals surface area contributed by atoms with Crippen LogP contribution in [0, 0.1) is 5.82 Å². The number of rotatable bonds is 2. The average Bonchev–Trinajstić information content (AvgIpc) is 2.29. The van der Waals surface area contributed by atoms with Crippen molar-refractivity contribution in [3.05, 3.63) is 23.6 Å². The minimum atomic E-state index is -1.32. The van der Waals surface area contributed by atoms with E-state index < -0.39 is 23.5 Å². The van der Waals surface area contributed by atoms with Gasteiger partial charge in [-0.3, -0.25) is 0 Å². The van der Waals surface area contributed by atoms with Gasteiger partial charge in [0.1, 0.15) is 5.56 Å². The molecule has 0 aliphatic carbocycles. The molecule has 2 N–H and O–H groups in total. The standard InChI is InChI=1S/C11H13FN2O3/c12-9-8(11(16)17)3-4-13-10(9)14-5-1-2-7(15)6-14/h3-4,7,15H,1-2,5-6H2,(H,16,17). The molecule has 0 radical (unpaired) electrons. The van der Waals surface area contributed by atoms with Crippen LogP contribution in [-0.4, -0.2) is 40.4 Å².